The number of rotatable bonds is 3. The molecule has 4 heteroatoms. The zero-order chi connectivity index (χ0) is 38.8. The van der Waals surface area contributed by atoms with Gasteiger partial charge >= 0.3 is 0 Å². The summed E-state index contributed by atoms with van der Waals surface area (Å²) in [5.74, 6) is 2.16. The summed E-state index contributed by atoms with van der Waals surface area (Å²) in [6.45, 7) is 15.0. The van der Waals surface area contributed by atoms with E-state index in [2.05, 4.69) is 177 Å². The largest absolute Gasteiger partial charge is 0.491 e. The first-order chi connectivity index (χ1) is 27.6. The van der Waals surface area contributed by atoms with E-state index in [-0.39, 0.29) is 29.1 Å². The standard InChI is InChI=1S/C53H56N3O/c1-52(2,3)36-24-25-43(40(29-36)34-18-11-8-12-19-34)55-44-22-15-21-38-41-30-37(53(4,5)6)31-42-45-28-35(33-16-9-7-10-17-33)26-27-54(45)50(48(41)42)46-32-57-47-23-14-13-20-39(47)51(55)56(46)49(38)44/h7-14,16-20,23-27,30-31,35-36,38,46,50-51H,15,21-22,28-29,32H2,1-6H3/q+1. The molecule has 5 heterocycles. The molecule has 0 radical (unpaired) electrons. The minimum atomic E-state index is -0.00131. The Balaban J connectivity index is 1.16. The molecule has 0 N–H and O–H groups in total. The second kappa shape index (κ2) is 12.7. The molecule has 7 aliphatic rings. The number of benzene rings is 4. The van der Waals surface area contributed by atoms with Crippen LogP contribution in [0.15, 0.2) is 139 Å². The van der Waals surface area contributed by atoms with Crippen LogP contribution >= 0.6 is 0 Å². The first-order valence-electron chi connectivity index (χ1n) is 21.6. The maximum absolute atomic E-state index is 7.09. The van der Waals surface area contributed by atoms with E-state index in [1.807, 2.05) is 0 Å². The molecule has 0 saturated carbocycles. The number of allylic oxidation sites excluding steroid dienone is 6. The lowest BCUT2D eigenvalue weighted by Crippen LogP contribution is -2.45. The van der Waals surface area contributed by atoms with Gasteiger partial charge in [-0.3, -0.25) is 0 Å². The van der Waals surface area contributed by atoms with Crippen LogP contribution in [0.2, 0.25) is 0 Å². The quantitative estimate of drug-likeness (QED) is 0.194. The van der Waals surface area contributed by atoms with Gasteiger partial charge in [-0.25, -0.2) is 0 Å². The van der Waals surface area contributed by atoms with Crippen LogP contribution < -0.4 is 4.74 Å². The summed E-state index contributed by atoms with van der Waals surface area (Å²) in [5, 5.41) is 0. The van der Waals surface area contributed by atoms with Crippen molar-refractivity contribution in [2.75, 3.05) is 6.61 Å². The van der Waals surface area contributed by atoms with E-state index in [1.165, 1.54) is 63.3 Å². The summed E-state index contributed by atoms with van der Waals surface area (Å²) in [5.41, 5.74) is 17.6. The Labute approximate surface area is 339 Å². The van der Waals surface area contributed by atoms with Gasteiger partial charge in [-0.1, -0.05) is 133 Å². The van der Waals surface area contributed by atoms with E-state index < -0.39 is 0 Å². The van der Waals surface area contributed by atoms with Gasteiger partial charge in [0, 0.05) is 46.5 Å². The van der Waals surface area contributed by atoms with Crippen molar-refractivity contribution in [1.82, 2.24) is 9.80 Å². The third kappa shape index (κ3) is 5.35. The SMILES string of the molecule is CC(C)(C)c1cc2c3c(c1)C1CCCC4=C1N1C(COc5ccccc5C1N4C1=C(c4ccccc4)CC(C(C)(C)C)C=C1)C3[N+]1=C2CC(c2ccccc2)C=C1. The molecule has 5 aliphatic heterocycles. The van der Waals surface area contributed by atoms with Gasteiger partial charge in [0.1, 0.15) is 24.6 Å². The van der Waals surface area contributed by atoms with E-state index in [0.717, 1.165) is 25.0 Å². The fraction of sp³-hybridized carbons (Fsp3) is 0.377. The van der Waals surface area contributed by atoms with E-state index in [9.17, 15) is 0 Å². The van der Waals surface area contributed by atoms with Crippen molar-refractivity contribution >= 4 is 11.3 Å². The minimum Gasteiger partial charge on any atom is -0.491 e. The number of nitrogens with zero attached hydrogens (tertiary/aromatic N) is 3. The lowest BCUT2D eigenvalue weighted by atomic mass is 9.73. The topological polar surface area (TPSA) is 18.7 Å². The average molecular weight is 751 g/mol. The molecule has 0 fully saturated rings. The lowest BCUT2D eigenvalue weighted by molar-refractivity contribution is -0.513. The van der Waals surface area contributed by atoms with Crippen LogP contribution in [0.25, 0.3) is 5.57 Å². The molecule has 288 valence electrons. The Morgan fingerprint density at radius 2 is 1.54 bits per heavy atom. The smallest absolute Gasteiger partial charge is 0.208 e. The van der Waals surface area contributed by atoms with Crippen LogP contribution in [-0.2, 0) is 5.41 Å². The van der Waals surface area contributed by atoms with Crippen LogP contribution in [0.1, 0.15) is 137 Å². The molecule has 11 rings (SSSR count). The van der Waals surface area contributed by atoms with Crippen molar-refractivity contribution in [1.29, 1.82) is 0 Å². The second-order valence-electron chi connectivity index (χ2n) is 19.7. The third-order valence-corrected chi connectivity index (χ3v) is 14.4. The Hall–Kier alpha value is -5.09. The highest BCUT2D eigenvalue weighted by molar-refractivity contribution is 6.02. The van der Waals surface area contributed by atoms with Gasteiger partial charge in [0.25, 0.3) is 0 Å². The predicted octanol–water partition coefficient (Wildman–Crippen LogP) is 12.1. The van der Waals surface area contributed by atoms with Gasteiger partial charge in [0.05, 0.1) is 5.56 Å². The van der Waals surface area contributed by atoms with Crippen molar-refractivity contribution in [3.63, 3.8) is 0 Å². The highest BCUT2D eigenvalue weighted by atomic mass is 16.5. The summed E-state index contributed by atoms with van der Waals surface area (Å²) < 4.78 is 9.79. The van der Waals surface area contributed by atoms with Crippen LogP contribution in [0.4, 0.5) is 0 Å². The number of ether oxygens (including phenoxy) is 1. The van der Waals surface area contributed by atoms with Crippen molar-refractivity contribution in [3.8, 4) is 5.75 Å². The molecule has 4 nitrogen and oxygen atoms in total. The predicted molar refractivity (Wildman–Crippen MR) is 231 cm³/mol. The summed E-state index contributed by atoms with van der Waals surface area (Å²) in [6, 6.07) is 36.9. The van der Waals surface area contributed by atoms with Crippen LogP contribution in [0, 0.1) is 11.3 Å². The van der Waals surface area contributed by atoms with Gasteiger partial charge in [-0.2, -0.15) is 4.58 Å². The highest BCUT2D eigenvalue weighted by Crippen LogP contribution is 2.62. The molecular formula is C53H56N3O+. The van der Waals surface area contributed by atoms with Crippen molar-refractivity contribution in [3.05, 3.63) is 178 Å². The minimum absolute atomic E-state index is 0.00131. The molecule has 6 atom stereocenters. The Morgan fingerprint density at radius 3 is 2.32 bits per heavy atom. The van der Waals surface area contributed by atoms with Crippen molar-refractivity contribution in [2.45, 2.75) is 109 Å². The lowest BCUT2D eigenvalue weighted by Gasteiger charge is -2.41. The third-order valence-electron chi connectivity index (χ3n) is 14.4. The molecule has 0 spiro atoms. The maximum Gasteiger partial charge on any atom is 0.208 e. The number of para-hydroxylation sites is 1. The number of hydrogen-bond acceptors (Lipinski definition) is 3. The molecule has 0 amide bonds. The summed E-state index contributed by atoms with van der Waals surface area (Å²) in [4.78, 5) is 5.73. The van der Waals surface area contributed by atoms with E-state index in [0.29, 0.717) is 24.4 Å². The molecular weight excluding hydrogens is 695 g/mol. The van der Waals surface area contributed by atoms with E-state index in [1.54, 1.807) is 16.8 Å². The zero-order valence-corrected chi connectivity index (χ0v) is 34.5. The fourth-order valence-corrected chi connectivity index (χ4v) is 11.5. The Bertz CT molecular complexity index is 2450. The first kappa shape index (κ1) is 35.1. The fourth-order valence-electron chi connectivity index (χ4n) is 11.5. The maximum atomic E-state index is 7.09. The zero-order valence-electron chi connectivity index (χ0n) is 34.5. The van der Waals surface area contributed by atoms with Gasteiger partial charge < -0.3 is 14.5 Å². The van der Waals surface area contributed by atoms with Crippen LogP contribution in [0.3, 0.4) is 0 Å². The monoisotopic (exact) mass is 750 g/mol. The summed E-state index contributed by atoms with van der Waals surface area (Å²) in [6.07, 6.45) is 15.4. The van der Waals surface area contributed by atoms with Gasteiger partial charge in [0.2, 0.25) is 6.04 Å². The highest BCUT2D eigenvalue weighted by Gasteiger charge is 2.59. The number of fused-ring (bicyclic) bond motifs is 6. The number of hydrogen-bond donors (Lipinski definition) is 0. The second-order valence-corrected chi connectivity index (χ2v) is 19.7. The average Bonchev–Trinajstić information content (AvgIpc) is 3.63. The van der Waals surface area contributed by atoms with Gasteiger partial charge in [-0.05, 0) is 94.5 Å². The van der Waals surface area contributed by atoms with Crippen molar-refractivity contribution in [2.24, 2.45) is 11.3 Å². The van der Waals surface area contributed by atoms with Gasteiger partial charge in [0.15, 0.2) is 11.9 Å². The summed E-state index contributed by atoms with van der Waals surface area (Å²) in [7, 11) is 0. The molecule has 0 aromatic heterocycles. The summed E-state index contributed by atoms with van der Waals surface area (Å²) >= 11 is 0. The molecule has 57 heavy (non-hydrogen) atoms. The molecule has 0 bridgehead atoms. The molecule has 2 aliphatic carbocycles. The molecule has 4 aromatic carbocycles. The normalized spacial score (nSPS) is 27.1. The first-order valence-corrected chi connectivity index (χ1v) is 21.6. The van der Waals surface area contributed by atoms with Crippen LogP contribution in [-0.4, -0.2) is 32.7 Å². The molecule has 4 aromatic rings. The molecule has 0 saturated heterocycles. The van der Waals surface area contributed by atoms with E-state index >= 15 is 0 Å². The van der Waals surface area contributed by atoms with Gasteiger partial charge in [-0.15, -0.1) is 0 Å². The van der Waals surface area contributed by atoms with Crippen LogP contribution in [0.5, 0.6) is 5.75 Å². The van der Waals surface area contributed by atoms with E-state index in [4.69, 9.17) is 4.74 Å². The Morgan fingerprint density at radius 1 is 0.789 bits per heavy atom. The van der Waals surface area contributed by atoms with Crippen molar-refractivity contribution < 1.29 is 9.31 Å². The Kier molecular flexibility index (Phi) is 7.82. The molecule has 6 unspecified atom stereocenters.